The predicted octanol–water partition coefficient (Wildman–Crippen LogP) is 0.825. The lowest BCUT2D eigenvalue weighted by Gasteiger charge is -2.29. The molecule has 2 N–H and O–H groups in total. The molecule has 1 aliphatic heterocycles. The minimum Gasteiger partial charge on any atom is -0.379 e. The Kier molecular flexibility index (Phi) is 4.75. The van der Waals surface area contributed by atoms with Gasteiger partial charge in [-0.25, -0.2) is 4.79 Å². The fraction of sp³-hybridized carbons (Fsp3) is 0.667. The van der Waals surface area contributed by atoms with Gasteiger partial charge in [0.2, 0.25) is 0 Å². The molecule has 1 aromatic heterocycles. The van der Waals surface area contributed by atoms with Crippen LogP contribution >= 0.6 is 0 Å². The molecule has 0 radical (unpaired) electrons. The van der Waals surface area contributed by atoms with Gasteiger partial charge in [0.1, 0.15) is 5.76 Å². The summed E-state index contributed by atoms with van der Waals surface area (Å²) < 4.78 is 10.2. The lowest BCUT2D eigenvalue weighted by atomic mass is 10.3. The molecule has 1 aromatic rings. The van der Waals surface area contributed by atoms with Crippen LogP contribution in [-0.4, -0.2) is 55.0 Å². The molecule has 0 saturated carbocycles. The van der Waals surface area contributed by atoms with E-state index < -0.39 is 0 Å². The SMILES string of the molecule is Cc1cc(NC(=O)N[C@H](C)CN2CCOCC2)no1. The zero-order chi connectivity index (χ0) is 13.7. The lowest BCUT2D eigenvalue weighted by Crippen LogP contribution is -2.47. The molecule has 7 heteroatoms. The van der Waals surface area contributed by atoms with Gasteiger partial charge in [0.05, 0.1) is 13.2 Å². The summed E-state index contributed by atoms with van der Waals surface area (Å²) in [5.74, 6) is 1.09. The molecule has 1 atom stereocenters. The Labute approximate surface area is 112 Å². The van der Waals surface area contributed by atoms with Crippen LogP contribution in [0.2, 0.25) is 0 Å². The molecule has 0 bridgehead atoms. The number of aryl methyl sites for hydroxylation is 1. The molecule has 0 unspecified atom stereocenters. The predicted molar refractivity (Wildman–Crippen MR) is 70.1 cm³/mol. The summed E-state index contributed by atoms with van der Waals surface area (Å²) in [4.78, 5) is 14.0. The number of nitrogens with one attached hydrogen (secondary N) is 2. The third-order valence-electron chi connectivity index (χ3n) is 2.88. The van der Waals surface area contributed by atoms with E-state index >= 15 is 0 Å². The Hall–Kier alpha value is -1.60. The smallest absolute Gasteiger partial charge is 0.320 e. The monoisotopic (exact) mass is 268 g/mol. The van der Waals surface area contributed by atoms with Crippen LogP contribution in [0.5, 0.6) is 0 Å². The maximum atomic E-state index is 11.7. The number of morpholine rings is 1. The van der Waals surface area contributed by atoms with E-state index in [9.17, 15) is 4.79 Å². The van der Waals surface area contributed by atoms with Crippen LogP contribution in [0.15, 0.2) is 10.6 Å². The largest absolute Gasteiger partial charge is 0.379 e. The first-order valence-corrected chi connectivity index (χ1v) is 6.44. The molecular weight excluding hydrogens is 248 g/mol. The van der Waals surface area contributed by atoms with E-state index in [1.54, 1.807) is 13.0 Å². The maximum absolute atomic E-state index is 11.7. The van der Waals surface area contributed by atoms with Crippen molar-refractivity contribution in [2.24, 2.45) is 0 Å². The van der Waals surface area contributed by atoms with Crippen molar-refractivity contribution < 1.29 is 14.1 Å². The number of carbonyl (C=O) groups excluding carboxylic acids is 1. The fourth-order valence-electron chi connectivity index (χ4n) is 2.02. The Balaban J connectivity index is 1.71. The van der Waals surface area contributed by atoms with Crippen LogP contribution in [-0.2, 0) is 4.74 Å². The summed E-state index contributed by atoms with van der Waals surface area (Å²) in [5, 5.41) is 9.21. The highest BCUT2D eigenvalue weighted by atomic mass is 16.5. The van der Waals surface area contributed by atoms with Gasteiger partial charge in [0.25, 0.3) is 0 Å². The highest BCUT2D eigenvalue weighted by Crippen LogP contribution is 2.06. The molecule has 1 saturated heterocycles. The van der Waals surface area contributed by atoms with Crippen molar-refractivity contribution in [1.29, 1.82) is 0 Å². The fourth-order valence-corrected chi connectivity index (χ4v) is 2.02. The van der Waals surface area contributed by atoms with Crippen LogP contribution in [0, 0.1) is 6.92 Å². The lowest BCUT2D eigenvalue weighted by molar-refractivity contribution is 0.0350. The average Bonchev–Trinajstić information content (AvgIpc) is 2.75. The number of ether oxygens (including phenoxy) is 1. The normalized spacial score (nSPS) is 18.0. The van der Waals surface area contributed by atoms with Gasteiger partial charge in [-0.1, -0.05) is 5.16 Å². The van der Waals surface area contributed by atoms with Crippen molar-refractivity contribution >= 4 is 11.8 Å². The van der Waals surface area contributed by atoms with Gasteiger partial charge >= 0.3 is 6.03 Å². The molecule has 106 valence electrons. The third kappa shape index (κ3) is 4.53. The first kappa shape index (κ1) is 13.8. The number of urea groups is 1. The zero-order valence-electron chi connectivity index (χ0n) is 11.3. The highest BCUT2D eigenvalue weighted by Gasteiger charge is 2.15. The van der Waals surface area contributed by atoms with Crippen molar-refractivity contribution in [3.8, 4) is 0 Å². The summed E-state index contributed by atoms with van der Waals surface area (Å²) in [6.45, 7) is 7.91. The summed E-state index contributed by atoms with van der Waals surface area (Å²) in [6.07, 6.45) is 0. The van der Waals surface area contributed by atoms with E-state index in [0.29, 0.717) is 11.6 Å². The van der Waals surface area contributed by atoms with Crippen molar-refractivity contribution in [3.05, 3.63) is 11.8 Å². The molecule has 0 aromatic carbocycles. The summed E-state index contributed by atoms with van der Waals surface area (Å²) in [6, 6.07) is 1.46. The van der Waals surface area contributed by atoms with Crippen molar-refractivity contribution in [2.45, 2.75) is 19.9 Å². The van der Waals surface area contributed by atoms with E-state index in [4.69, 9.17) is 9.26 Å². The van der Waals surface area contributed by atoms with E-state index in [1.807, 2.05) is 6.92 Å². The van der Waals surface area contributed by atoms with Gasteiger partial charge < -0.3 is 14.6 Å². The van der Waals surface area contributed by atoms with Gasteiger partial charge in [-0.3, -0.25) is 10.2 Å². The summed E-state index contributed by atoms with van der Waals surface area (Å²) in [5.41, 5.74) is 0. The van der Waals surface area contributed by atoms with Gasteiger partial charge in [-0.05, 0) is 13.8 Å². The molecule has 1 fully saturated rings. The number of rotatable bonds is 4. The topological polar surface area (TPSA) is 79.6 Å². The second kappa shape index (κ2) is 6.53. The molecule has 0 spiro atoms. The summed E-state index contributed by atoms with van der Waals surface area (Å²) >= 11 is 0. The van der Waals surface area contributed by atoms with E-state index in [1.165, 1.54) is 0 Å². The minimum atomic E-state index is -0.269. The van der Waals surface area contributed by atoms with E-state index in [0.717, 1.165) is 32.8 Å². The number of hydrogen-bond acceptors (Lipinski definition) is 5. The quantitative estimate of drug-likeness (QED) is 0.845. The van der Waals surface area contributed by atoms with Crippen LogP contribution < -0.4 is 10.6 Å². The number of aromatic nitrogens is 1. The van der Waals surface area contributed by atoms with Crippen LogP contribution in [0.4, 0.5) is 10.6 Å². The Morgan fingerprint density at radius 3 is 2.89 bits per heavy atom. The Morgan fingerprint density at radius 2 is 2.26 bits per heavy atom. The standard InChI is InChI=1S/C12H20N4O3/c1-9(8-16-3-5-18-6-4-16)13-12(17)14-11-7-10(2)19-15-11/h7,9H,3-6,8H2,1-2H3,(H2,13,14,15,17)/t9-/m1/s1. The minimum absolute atomic E-state index is 0.0612. The van der Waals surface area contributed by atoms with E-state index in [-0.39, 0.29) is 12.1 Å². The molecule has 7 nitrogen and oxygen atoms in total. The molecular formula is C12H20N4O3. The van der Waals surface area contributed by atoms with E-state index in [2.05, 4.69) is 20.7 Å². The van der Waals surface area contributed by atoms with Gasteiger partial charge in [-0.15, -0.1) is 0 Å². The molecule has 2 amide bonds. The maximum Gasteiger partial charge on any atom is 0.320 e. The molecule has 0 aliphatic carbocycles. The van der Waals surface area contributed by atoms with Crippen molar-refractivity contribution in [2.75, 3.05) is 38.2 Å². The number of nitrogens with zero attached hydrogens (tertiary/aromatic N) is 2. The highest BCUT2D eigenvalue weighted by molar-refractivity contribution is 5.88. The van der Waals surface area contributed by atoms with Gasteiger partial charge in [0, 0.05) is 31.7 Å². The average molecular weight is 268 g/mol. The number of hydrogen-bond donors (Lipinski definition) is 2. The van der Waals surface area contributed by atoms with Gasteiger partial charge in [0.15, 0.2) is 5.82 Å². The Bertz CT molecular complexity index is 415. The Morgan fingerprint density at radius 1 is 1.53 bits per heavy atom. The third-order valence-corrected chi connectivity index (χ3v) is 2.88. The van der Waals surface area contributed by atoms with Crippen LogP contribution in [0.3, 0.4) is 0 Å². The molecule has 19 heavy (non-hydrogen) atoms. The second-order valence-electron chi connectivity index (χ2n) is 4.74. The first-order chi connectivity index (χ1) is 9.13. The first-order valence-electron chi connectivity index (χ1n) is 6.44. The van der Waals surface area contributed by atoms with Crippen LogP contribution in [0.1, 0.15) is 12.7 Å². The molecule has 2 heterocycles. The zero-order valence-corrected chi connectivity index (χ0v) is 11.3. The number of anilines is 1. The number of carbonyl (C=O) groups is 1. The van der Waals surface area contributed by atoms with Crippen molar-refractivity contribution in [1.82, 2.24) is 15.4 Å². The van der Waals surface area contributed by atoms with Crippen LogP contribution in [0.25, 0.3) is 0 Å². The van der Waals surface area contributed by atoms with Crippen molar-refractivity contribution in [3.63, 3.8) is 0 Å². The van der Waals surface area contributed by atoms with Gasteiger partial charge in [-0.2, -0.15) is 0 Å². The summed E-state index contributed by atoms with van der Waals surface area (Å²) in [7, 11) is 0. The second-order valence-corrected chi connectivity index (χ2v) is 4.74. The number of amides is 2. The molecule has 2 rings (SSSR count). The molecule has 1 aliphatic rings.